The predicted molar refractivity (Wildman–Crippen MR) is 94.2 cm³/mol. The molecule has 4 heteroatoms. The molecule has 0 saturated carbocycles. The minimum Gasteiger partial charge on any atom is -0.317 e. The number of nitrogens with zero attached hydrogens (tertiary/aromatic N) is 2. The first kappa shape index (κ1) is 16.2. The lowest BCUT2D eigenvalue weighted by Gasteiger charge is -2.39. The maximum absolute atomic E-state index is 3.50. The van der Waals surface area contributed by atoms with Gasteiger partial charge in [-0.2, -0.15) is 0 Å². The van der Waals surface area contributed by atoms with E-state index in [2.05, 4.69) is 83.1 Å². The van der Waals surface area contributed by atoms with Crippen LogP contribution in [0, 0.1) is 3.57 Å². The Hall–Kier alpha value is -0.170. The van der Waals surface area contributed by atoms with E-state index in [0.717, 1.165) is 6.42 Å². The van der Waals surface area contributed by atoms with Gasteiger partial charge in [-0.15, -0.1) is 0 Å². The van der Waals surface area contributed by atoms with Gasteiger partial charge in [-0.05, 0) is 74.3 Å². The first-order valence-electron chi connectivity index (χ1n) is 7.39. The fraction of sp³-hybridized carbons (Fsp3) is 0.625. The summed E-state index contributed by atoms with van der Waals surface area (Å²) < 4.78 is 1.31. The number of hydrogen-bond acceptors (Lipinski definition) is 3. The molecule has 1 aliphatic rings. The van der Waals surface area contributed by atoms with Crippen molar-refractivity contribution < 1.29 is 0 Å². The molecule has 3 nitrogen and oxygen atoms in total. The van der Waals surface area contributed by atoms with E-state index in [1.807, 2.05) is 0 Å². The molecule has 1 aromatic carbocycles. The number of piperazine rings is 1. The molecule has 1 N–H and O–H groups in total. The Labute approximate surface area is 136 Å². The first-order chi connectivity index (χ1) is 9.58. The second-order valence-corrected chi connectivity index (χ2v) is 7.19. The summed E-state index contributed by atoms with van der Waals surface area (Å²) >= 11 is 2.36. The number of hydrogen-bond donors (Lipinski definition) is 1. The number of halogens is 1. The van der Waals surface area contributed by atoms with Gasteiger partial charge in [0.15, 0.2) is 0 Å². The van der Waals surface area contributed by atoms with Crippen molar-refractivity contribution in [2.45, 2.75) is 24.9 Å². The Morgan fingerprint density at radius 1 is 1.25 bits per heavy atom. The molecular weight excluding hydrogens is 361 g/mol. The van der Waals surface area contributed by atoms with Crippen LogP contribution in [0.4, 0.5) is 0 Å². The normalized spacial score (nSPS) is 22.9. The Balaban J connectivity index is 1.92. The van der Waals surface area contributed by atoms with Crippen molar-refractivity contribution in [3.05, 3.63) is 33.4 Å². The Morgan fingerprint density at radius 2 is 1.95 bits per heavy atom. The molecule has 1 aliphatic heterocycles. The lowest BCUT2D eigenvalue weighted by atomic mass is 9.97. The highest BCUT2D eigenvalue weighted by Crippen LogP contribution is 2.15. The molecule has 1 saturated heterocycles. The fourth-order valence-electron chi connectivity index (χ4n) is 2.89. The molecule has 1 heterocycles. The Bertz CT molecular complexity index is 407. The van der Waals surface area contributed by atoms with E-state index in [0.29, 0.717) is 12.1 Å². The van der Waals surface area contributed by atoms with E-state index in [4.69, 9.17) is 0 Å². The van der Waals surface area contributed by atoms with Crippen LogP contribution in [0.2, 0.25) is 0 Å². The van der Waals surface area contributed by atoms with Crippen molar-refractivity contribution >= 4 is 22.6 Å². The second kappa shape index (κ2) is 7.73. The van der Waals surface area contributed by atoms with Gasteiger partial charge in [0.1, 0.15) is 0 Å². The van der Waals surface area contributed by atoms with Gasteiger partial charge in [-0.25, -0.2) is 0 Å². The van der Waals surface area contributed by atoms with Gasteiger partial charge in [0.25, 0.3) is 0 Å². The van der Waals surface area contributed by atoms with Gasteiger partial charge >= 0.3 is 0 Å². The molecule has 0 bridgehead atoms. The second-order valence-electron chi connectivity index (χ2n) is 5.95. The molecule has 1 fully saturated rings. The summed E-state index contributed by atoms with van der Waals surface area (Å²) in [6.45, 7) is 3.55. The van der Waals surface area contributed by atoms with Crippen LogP contribution >= 0.6 is 22.6 Å². The van der Waals surface area contributed by atoms with E-state index in [1.165, 1.54) is 35.2 Å². The van der Waals surface area contributed by atoms with Crippen molar-refractivity contribution in [3.8, 4) is 0 Å². The highest BCUT2D eigenvalue weighted by molar-refractivity contribution is 14.1. The Morgan fingerprint density at radius 3 is 2.60 bits per heavy atom. The lowest BCUT2D eigenvalue weighted by Crippen LogP contribution is -2.52. The average Bonchev–Trinajstić information content (AvgIpc) is 2.44. The molecule has 0 amide bonds. The van der Waals surface area contributed by atoms with Crippen LogP contribution in [0.25, 0.3) is 0 Å². The van der Waals surface area contributed by atoms with Gasteiger partial charge in [0.05, 0.1) is 0 Å². The topological polar surface area (TPSA) is 18.5 Å². The highest BCUT2D eigenvalue weighted by atomic mass is 127. The minimum absolute atomic E-state index is 0.550. The molecule has 0 spiro atoms. The molecule has 2 atom stereocenters. The number of nitrogens with one attached hydrogen (secondary N) is 1. The Kier molecular flexibility index (Phi) is 6.26. The third-order valence-corrected chi connectivity index (χ3v) is 5.06. The van der Waals surface area contributed by atoms with E-state index < -0.39 is 0 Å². The van der Waals surface area contributed by atoms with Crippen molar-refractivity contribution in [2.24, 2.45) is 0 Å². The van der Waals surface area contributed by atoms with Crippen LogP contribution in [0.3, 0.4) is 0 Å². The van der Waals surface area contributed by atoms with Gasteiger partial charge in [-0.1, -0.05) is 12.1 Å². The van der Waals surface area contributed by atoms with Crippen LogP contribution in [-0.4, -0.2) is 62.7 Å². The minimum atomic E-state index is 0.550. The zero-order valence-corrected chi connectivity index (χ0v) is 14.9. The molecule has 0 aliphatic carbocycles. The monoisotopic (exact) mass is 387 g/mol. The quantitative estimate of drug-likeness (QED) is 0.781. The molecular formula is C16H26IN3. The van der Waals surface area contributed by atoms with E-state index >= 15 is 0 Å². The zero-order chi connectivity index (χ0) is 14.5. The summed E-state index contributed by atoms with van der Waals surface area (Å²) in [6.07, 6.45) is 2.32. The van der Waals surface area contributed by atoms with Gasteiger partial charge in [0, 0.05) is 35.3 Å². The van der Waals surface area contributed by atoms with Gasteiger partial charge in [0.2, 0.25) is 0 Å². The van der Waals surface area contributed by atoms with Crippen molar-refractivity contribution in [3.63, 3.8) is 0 Å². The molecule has 20 heavy (non-hydrogen) atoms. The summed E-state index contributed by atoms with van der Waals surface area (Å²) in [6, 6.07) is 10.1. The number of benzene rings is 1. The number of rotatable bonds is 5. The van der Waals surface area contributed by atoms with Crippen LogP contribution in [0.15, 0.2) is 24.3 Å². The predicted octanol–water partition coefficient (Wildman–Crippen LogP) is 2.06. The smallest absolute Gasteiger partial charge is 0.0235 e. The summed E-state index contributed by atoms with van der Waals surface area (Å²) in [5.41, 5.74) is 1.43. The maximum atomic E-state index is 3.50. The van der Waals surface area contributed by atoms with Crippen LogP contribution in [0.5, 0.6) is 0 Å². The third kappa shape index (κ3) is 4.69. The van der Waals surface area contributed by atoms with Crippen LogP contribution < -0.4 is 5.32 Å². The fourth-order valence-corrected chi connectivity index (χ4v) is 3.25. The van der Waals surface area contributed by atoms with Crippen LogP contribution in [0.1, 0.15) is 12.0 Å². The van der Waals surface area contributed by atoms with E-state index in [9.17, 15) is 0 Å². The van der Waals surface area contributed by atoms with Gasteiger partial charge in [-0.3, -0.25) is 0 Å². The molecule has 1 aromatic rings. The molecule has 0 radical (unpaired) electrons. The van der Waals surface area contributed by atoms with Crippen molar-refractivity contribution in [1.29, 1.82) is 0 Å². The first-order valence-corrected chi connectivity index (χ1v) is 8.47. The number of likely N-dealkylation sites (N-methyl/N-ethyl adjacent to an activating group) is 3. The van der Waals surface area contributed by atoms with Crippen molar-refractivity contribution in [2.75, 3.05) is 40.8 Å². The average molecular weight is 387 g/mol. The third-order valence-electron chi connectivity index (χ3n) is 4.34. The molecule has 112 valence electrons. The van der Waals surface area contributed by atoms with Gasteiger partial charge < -0.3 is 15.1 Å². The molecule has 2 rings (SSSR count). The highest BCUT2D eigenvalue weighted by Gasteiger charge is 2.24. The largest absolute Gasteiger partial charge is 0.317 e. The lowest BCUT2D eigenvalue weighted by molar-refractivity contribution is 0.102. The summed E-state index contributed by atoms with van der Waals surface area (Å²) in [7, 11) is 6.58. The van der Waals surface area contributed by atoms with E-state index in [1.54, 1.807) is 0 Å². The molecule has 0 aromatic heterocycles. The SMILES string of the molecule is CNC(Cc1ccc(I)cc1)CC1CN(C)CCN1C. The van der Waals surface area contributed by atoms with Crippen molar-refractivity contribution in [1.82, 2.24) is 15.1 Å². The summed E-state index contributed by atoms with van der Waals surface area (Å²) in [5, 5.41) is 3.50. The summed E-state index contributed by atoms with van der Waals surface area (Å²) in [5.74, 6) is 0. The van der Waals surface area contributed by atoms with Crippen LogP contribution in [-0.2, 0) is 6.42 Å². The standard InChI is InChI=1S/C16H26IN3/c1-18-15(10-13-4-6-14(17)7-5-13)11-16-12-19(2)8-9-20(16)3/h4-7,15-16,18H,8-12H2,1-3H3. The zero-order valence-electron chi connectivity index (χ0n) is 12.8. The maximum Gasteiger partial charge on any atom is 0.0235 e. The molecule has 2 unspecified atom stereocenters. The summed E-state index contributed by atoms with van der Waals surface area (Å²) in [4.78, 5) is 4.96. The van der Waals surface area contributed by atoms with E-state index in [-0.39, 0.29) is 0 Å².